The fraction of sp³-hybridized carbons (Fsp3) is 0.357. The number of rotatable bonds is 11. The number of amides is 1. The first kappa shape index (κ1) is 25.6. The van der Waals surface area contributed by atoms with Crippen molar-refractivity contribution in [3.63, 3.8) is 0 Å². The number of benzene rings is 2. The molecule has 7 nitrogen and oxygen atoms in total. The minimum atomic E-state index is -0.235. The predicted octanol–water partition coefficient (Wildman–Crippen LogP) is 7.06. The van der Waals surface area contributed by atoms with Crippen LogP contribution in [0.2, 0.25) is 0 Å². The van der Waals surface area contributed by atoms with Crippen molar-refractivity contribution in [3.8, 4) is 17.2 Å². The van der Waals surface area contributed by atoms with Crippen molar-refractivity contribution in [2.75, 3.05) is 24.7 Å². The lowest BCUT2D eigenvalue weighted by Crippen LogP contribution is -2.30. The Morgan fingerprint density at radius 2 is 1.69 bits per heavy atom. The van der Waals surface area contributed by atoms with Crippen LogP contribution in [0.4, 0.5) is 5.13 Å². The summed E-state index contributed by atoms with van der Waals surface area (Å²) in [6, 6.07) is 13.2. The summed E-state index contributed by atoms with van der Waals surface area (Å²) in [4.78, 5) is 20.6. The minimum Gasteiger partial charge on any atom is -0.490 e. The third kappa shape index (κ3) is 5.33. The first-order chi connectivity index (χ1) is 17.5. The molecule has 0 saturated carbocycles. The monoisotopic (exact) mass is 508 g/mol. The molecule has 0 spiro atoms. The van der Waals surface area contributed by atoms with Crippen LogP contribution < -0.4 is 19.1 Å². The molecule has 2 heterocycles. The summed E-state index contributed by atoms with van der Waals surface area (Å²) < 4.78 is 24.1. The molecule has 0 aliphatic rings. The summed E-state index contributed by atoms with van der Waals surface area (Å²) in [5.74, 6) is 2.17. The quantitative estimate of drug-likeness (QED) is 0.216. The standard InChI is InChI=1S/C28H32N2O5S/c1-6-32-22-15-19(16-23(33-7-2)26(22)34-8-3)27(31)30(17-20-11-10-14-35-20)28-29-25-21(18(4)5)12-9-13-24(25)36-28/h9-16,18H,6-8,17H2,1-5H3. The average Bonchev–Trinajstić information content (AvgIpc) is 3.53. The molecule has 36 heavy (non-hydrogen) atoms. The van der Waals surface area contributed by atoms with E-state index < -0.39 is 0 Å². The zero-order chi connectivity index (χ0) is 25.7. The van der Waals surface area contributed by atoms with Crippen LogP contribution in [-0.4, -0.2) is 30.7 Å². The van der Waals surface area contributed by atoms with Crippen LogP contribution in [0.1, 0.15) is 62.2 Å². The Morgan fingerprint density at radius 1 is 1.00 bits per heavy atom. The van der Waals surface area contributed by atoms with Gasteiger partial charge in [0.2, 0.25) is 5.75 Å². The smallest absolute Gasteiger partial charge is 0.260 e. The van der Waals surface area contributed by atoms with Crippen LogP contribution in [0.15, 0.2) is 53.1 Å². The lowest BCUT2D eigenvalue weighted by molar-refractivity contribution is 0.0982. The van der Waals surface area contributed by atoms with Gasteiger partial charge < -0.3 is 18.6 Å². The van der Waals surface area contributed by atoms with Gasteiger partial charge in [-0.15, -0.1) is 0 Å². The van der Waals surface area contributed by atoms with Crippen LogP contribution in [0.25, 0.3) is 10.2 Å². The molecule has 2 aromatic heterocycles. The Bertz CT molecular complexity index is 1290. The third-order valence-corrected chi connectivity index (χ3v) is 6.63. The van der Waals surface area contributed by atoms with Gasteiger partial charge in [0.15, 0.2) is 16.6 Å². The van der Waals surface area contributed by atoms with E-state index in [1.165, 1.54) is 11.3 Å². The molecule has 4 rings (SSSR count). The fourth-order valence-electron chi connectivity index (χ4n) is 3.99. The van der Waals surface area contributed by atoms with Gasteiger partial charge in [0.05, 0.1) is 42.8 Å². The third-order valence-electron chi connectivity index (χ3n) is 5.59. The number of ether oxygens (including phenoxy) is 3. The second-order valence-corrected chi connectivity index (χ2v) is 9.43. The maximum Gasteiger partial charge on any atom is 0.260 e. The number of carbonyl (C=O) groups excluding carboxylic acids is 1. The van der Waals surface area contributed by atoms with Crippen LogP contribution >= 0.6 is 11.3 Å². The van der Waals surface area contributed by atoms with Crippen LogP contribution in [0.5, 0.6) is 17.2 Å². The van der Waals surface area contributed by atoms with E-state index in [1.54, 1.807) is 23.3 Å². The van der Waals surface area contributed by atoms with E-state index in [2.05, 4.69) is 19.9 Å². The van der Waals surface area contributed by atoms with E-state index in [1.807, 2.05) is 45.0 Å². The van der Waals surface area contributed by atoms with Gasteiger partial charge in [-0.3, -0.25) is 9.69 Å². The van der Waals surface area contributed by atoms with Gasteiger partial charge in [0, 0.05) is 5.56 Å². The molecule has 0 radical (unpaired) electrons. The SMILES string of the molecule is CCOc1cc(C(=O)N(Cc2ccco2)c2nc3c(C(C)C)cccc3s2)cc(OCC)c1OCC. The van der Waals surface area contributed by atoms with Crippen LogP contribution in [0.3, 0.4) is 0 Å². The highest BCUT2D eigenvalue weighted by Gasteiger charge is 2.26. The first-order valence-electron chi connectivity index (χ1n) is 12.3. The van der Waals surface area contributed by atoms with E-state index in [0.29, 0.717) is 59.4 Å². The van der Waals surface area contributed by atoms with Crippen molar-refractivity contribution in [3.05, 3.63) is 65.6 Å². The lowest BCUT2D eigenvalue weighted by Gasteiger charge is -2.21. The van der Waals surface area contributed by atoms with E-state index in [9.17, 15) is 4.79 Å². The summed E-state index contributed by atoms with van der Waals surface area (Å²) in [5.41, 5.74) is 2.49. The van der Waals surface area contributed by atoms with Crippen molar-refractivity contribution in [1.82, 2.24) is 4.98 Å². The predicted molar refractivity (Wildman–Crippen MR) is 143 cm³/mol. The molecular formula is C28H32N2O5S. The second kappa shape index (κ2) is 11.5. The average molecular weight is 509 g/mol. The number of hydrogen-bond acceptors (Lipinski definition) is 7. The Balaban J connectivity index is 1.82. The zero-order valence-corrected chi connectivity index (χ0v) is 22.2. The highest BCUT2D eigenvalue weighted by Crippen LogP contribution is 2.40. The van der Waals surface area contributed by atoms with E-state index in [-0.39, 0.29) is 12.5 Å². The molecule has 2 aromatic carbocycles. The Labute approximate surface area is 215 Å². The van der Waals surface area contributed by atoms with Crippen LogP contribution in [0, 0.1) is 0 Å². The summed E-state index contributed by atoms with van der Waals surface area (Å²) in [5, 5.41) is 0.601. The fourth-order valence-corrected chi connectivity index (χ4v) is 4.99. The molecule has 0 N–H and O–H groups in total. The van der Waals surface area contributed by atoms with Gasteiger partial charge in [-0.2, -0.15) is 0 Å². The minimum absolute atomic E-state index is 0.235. The summed E-state index contributed by atoms with van der Waals surface area (Å²) in [6.45, 7) is 11.5. The molecule has 0 aliphatic heterocycles. The van der Waals surface area contributed by atoms with Gasteiger partial charge >= 0.3 is 0 Å². The van der Waals surface area contributed by atoms with Crippen molar-refractivity contribution < 1.29 is 23.4 Å². The second-order valence-electron chi connectivity index (χ2n) is 8.42. The van der Waals surface area contributed by atoms with E-state index >= 15 is 0 Å². The molecule has 0 bridgehead atoms. The summed E-state index contributed by atoms with van der Waals surface area (Å²) in [6.07, 6.45) is 1.60. The van der Waals surface area contributed by atoms with Gasteiger partial charge in [0.25, 0.3) is 5.91 Å². The number of fused-ring (bicyclic) bond motifs is 1. The summed E-state index contributed by atoms with van der Waals surface area (Å²) >= 11 is 1.49. The maximum atomic E-state index is 14.0. The number of anilines is 1. The molecule has 4 aromatic rings. The number of nitrogens with zero attached hydrogens (tertiary/aromatic N) is 2. The van der Waals surface area contributed by atoms with E-state index in [4.69, 9.17) is 23.6 Å². The number of furan rings is 1. The van der Waals surface area contributed by atoms with Gasteiger partial charge in [-0.05, 0) is 62.6 Å². The number of hydrogen-bond donors (Lipinski definition) is 0. The van der Waals surface area contributed by atoms with Crippen molar-refractivity contribution in [1.29, 1.82) is 0 Å². The number of para-hydroxylation sites is 1. The molecular weight excluding hydrogens is 476 g/mol. The van der Waals surface area contributed by atoms with Gasteiger partial charge in [-0.1, -0.05) is 37.3 Å². The molecule has 0 aliphatic carbocycles. The molecule has 0 fully saturated rings. The molecule has 8 heteroatoms. The Hall–Kier alpha value is -3.52. The van der Waals surface area contributed by atoms with E-state index in [0.717, 1.165) is 15.8 Å². The van der Waals surface area contributed by atoms with Crippen molar-refractivity contribution in [2.24, 2.45) is 0 Å². The number of thiazole rings is 1. The lowest BCUT2D eigenvalue weighted by atomic mass is 10.0. The van der Waals surface area contributed by atoms with Crippen molar-refractivity contribution in [2.45, 2.75) is 47.1 Å². The highest BCUT2D eigenvalue weighted by atomic mass is 32.1. The van der Waals surface area contributed by atoms with Gasteiger partial charge in [0.1, 0.15) is 5.76 Å². The zero-order valence-electron chi connectivity index (χ0n) is 21.4. The Morgan fingerprint density at radius 3 is 2.28 bits per heavy atom. The highest BCUT2D eigenvalue weighted by molar-refractivity contribution is 7.22. The topological polar surface area (TPSA) is 74.0 Å². The van der Waals surface area contributed by atoms with Gasteiger partial charge in [-0.25, -0.2) is 4.98 Å². The normalized spacial score (nSPS) is 11.2. The number of carbonyl (C=O) groups is 1. The number of aromatic nitrogens is 1. The first-order valence-corrected chi connectivity index (χ1v) is 13.1. The largest absolute Gasteiger partial charge is 0.490 e. The Kier molecular flexibility index (Phi) is 8.15. The summed E-state index contributed by atoms with van der Waals surface area (Å²) in [7, 11) is 0. The van der Waals surface area contributed by atoms with Crippen molar-refractivity contribution >= 4 is 32.6 Å². The molecule has 1 amide bonds. The molecule has 0 atom stereocenters. The molecule has 0 saturated heterocycles. The molecule has 190 valence electrons. The maximum absolute atomic E-state index is 14.0. The molecule has 0 unspecified atom stereocenters. The van der Waals surface area contributed by atoms with Crippen LogP contribution in [-0.2, 0) is 6.54 Å².